The van der Waals surface area contributed by atoms with Crippen LogP contribution in [-0.4, -0.2) is 84.1 Å². The number of benzene rings is 2. The molecular formula is C38H41ClN8O3. The van der Waals surface area contributed by atoms with Gasteiger partial charge in [0.05, 0.1) is 34.7 Å². The van der Waals surface area contributed by atoms with Crippen molar-refractivity contribution >= 4 is 45.6 Å². The number of hydrogen-bond acceptors (Lipinski definition) is 9. The van der Waals surface area contributed by atoms with E-state index in [1.807, 2.05) is 66.3 Å². The van der Waals surface area contributed by atoms with Crippen LogP contribution in [0.1, 0.15) is 59.0 Å². The van der Waals surface area contributed by atoms with Gasteiger partial charge >= 0.3 is 0 Å². The Morgan fingerprint density at radius 1 is 0.940 bits per heavy atom. The number of aliphatic hydroxyl groups excluding tert-OH is 2. The van der Waals surface area contributed by atoms with Gasteiger partial charge in [-0.1, -0.05) is 35.9 Å². The normalized spacial score (nSPS) is 21.1. The molecule has 0 bridgehead atoms. The van der Waals surface area contributed by atoms with E-state index in [2.05, 4.69) is 36.6 Å². The second kappa shape index (κ2) is 13.7. The number of aromatic nitrogens is 4. The van der Waals surface area contributed by atoms with Crippen LogP contribution in [0.25, 0.3) is 22.0 Å². The molecule has 0 aliphatic carbocycles. The van der Waals surface area contributed by atoms with Gasteiger partial charge in [-0.15, -0.1) is 0 Å². The van der Waals surface area contributed by atoms with Crippen molar-refractivity contribution in [3.63, 3.8) is 0 Å². The molecule has 0 spiro atoms. The SMILES string of the molecule is Cc1c(NC(=O)c2cc3n(n2)CCCC3N2CC[C@@H](O)C2)cccc1-c1cccc(Nc2nccc3cc(CN4CC[C@@H](O)C4)cnc23)c1Cl. The summed E-state index contributed by atoms with van der Waals surface area (Å²) in [4.78, 5) is 27.5. The molecule has 2 fully saturated rings. The Balaban J connectivity index is 1.01. The lowest BCUT2D eigenvalue weighted by Crippen LogP contribution is -2.32. The van der Waals surface area contributed by atoms with Gasteiger partial charge in [-0.25, -0.2) is 4.98 Å². The highest BCUT2D eigenvalue weighted by Gasteiger charge is 2.33. The second-order valence-electron chi connectivity index (χ2n) is 13.7. The van der Waals surface area contributed by atoms with Crippen LogP contribution in [0.4, 0.5) is 17.2 Å². The maximum Gasteiger partial charge on any atom is 0.276 e. The van der Waals surface area contributed by atoms with Gasteiger partial charge in [-0.3, -0.25) is 24.3 Å². The molecule has 2 saturated heterocycles. The fraction of sp³-hybridized carbons (Fsp3) is 0.368. The molecule has 6 heterocycles. The molecule has 12 heteroatoms. The predicted molar refractivity (Wildman–Crippen MR) is 195 cm³/mol. The Morgan fingerprint density at radius 3 is 2.54 bits per heavy atom. The summed E-state index contributed by atoms with van der Waals surface area (Å²) in [5, 5.41) is 32.7. The number of hydrogen-bond donors (Lipinski definition) is 4. The maximum absolute atomic E-state index is 13.6. The molecule has 3 atom stereocenters. The number of carbonyl (C=O) groups excluding carboxylic acids is 1. The van der Waals surface area contributed by atoms with Crippen LogP contribution < -0.4 is 10.6 Å². The number of fused-ring (bicyclic) bond motifs is 2. The molecule has 4 N–H and O–H groups in total. The molecule has 8 rings (SSSR count). The van der Waals surface area contributed by atoms with Crippen molar-refractivity contribution < 1.29 is 15.0 Å². The Kier molecular flexibility index (Phi) is 9.00. The van der Waals surface area contributed by atoms with Crippen LogP contribution in [0.3, 0.4) is 0 Å². The summed E-state index contributed by atoms with van der Waals surface area (Å²) >= 11 is 7.08. The molecule has 0 saturated carbocycles. The first kappa shape index (κ1) is 32.8. The summed E-state index contributed by atoms with van der Waals surface area (Å²) in [6.45, 7) is 6.57. The topological polar surface area (TPSA) is 132 Å². The third kappa shape index (κ3) is 6.47. The van der Waals surface area contributed by atoms with Gasteiger partial charge in [0.25, 0.3) is 5.91 Å². The first-order valence-electron chi connectivity index (χ1n) is 17.4. The van der Waals surface area contributed by atoms with E-state index < -0.39 is 0 Å². The van der Waals surface area contributed by atoms with Gasteiger partial charge in [-0.2, -0.15) is 5.10 Å². The molecule has 1 amide bonds. The quantitative estimate of drug-likeness (QED) is 0.157. The smallest absolute Gasteiger partial charge is 0.276 e. The van der Waals surface area contributed by atoms with Gasteiger partial charge < -0.3 is 20.8 Å². The molecule has 258 valence electrons. The average Bonchev–Trinajstić information content (AvgIpc) is 3.86. The minimum atomic E-state index is -0.293. The summed E-state index contributed by atoms with van der Waals surface area (Å²) in [5.74, 6) is 0.345. The lowest BCUT2D eigenvalue weighted by molar-refractivity contribution is 0.102. The lowest BCUT2D eigenvalue weighted by atomic mass is 9.98. The van der Waals surface area contributed by atoms with E-state index in [1.165, 1.54) is 0 Å². The number of aryl methyl sites for hydroxylation is 1. The maximum atomic E-state index is 13.6. The van der Waals surface area contributed by atoms with E-state index in [0.29, 0.717) is 41.0 Å². The molecule has 3 aliphatic heterocycles. The number of aliphatic hydroxyl groups is 2. The minimum Gasteiger partial charge on any atom is -0.392 e. The van der Waals surface area contributed by atoms with Crippen molar-refractivity contribution in [2.24, 2.45) is 0 Å². The zero-order valence-electron chi connectivity index (χ0n) is 28.0. The predicted octanol–water partition coefficient (Wildman–Crippen LogP) is 5.92. The Bertz CT molecular complexity index is 2070. The van der Waals surface area contributed by atoms with Gasteiger partial charge in [-0.05, 0) is 79.6 Å². The van der Waals surface area contributed by atoms with Crippen LogP contribution in [0.5, 0.6) is 0 Å². The van der Waals surface area contributed by atoms with E-state index >= 15 is 0 Å². The molecule has 3 aromatic heterocycles. The van der Waals surface area contributed by atoms with Crippen LogP contribution >= 0.6 is 11.6 Å². The number of nitrogens with one attached hydrogen (secondary N) is 2. The largest absolute Gasteiger partial charge is 0.392 e. The summed E-state index contributed by atoms with van der Waals surface area (Å²) < 4.78 is 1.95. The van der Waals surface area contributed by atoms with Crippen molar-refractivity contribution in [2.75, 3.05) is 36.8 Å². The first-order valence-corrected chi connectivity index (χ1v) is 17.8. The van der Waals surface area contributed by atoms with E-state index in [-0.39, 0.29) is 24.2 Å². The fourth-order valence-electron chi connectivity index (χ4n) is 7.70. The van der Waals surface area contributed by atoms with Crippen molar-refractivity contribution in [3.8, 4) is 11.1 Å². The standard InChI is InChI=1S/C38H41ClN8O3/c1-23-28(5-2-7-30(23)43-38(50)32-18-34-33(9-4-14-47(34)44-32)46-16-12-27(49)22-46)29-6-3-8-31(35(29)39)42-37-36-25(10-13-40-37)17-24(19-41-36)20-45-15-11-26(48)21-45/h2-3,5-8,10,13,17-19,26-27,33,48-49H,4,9,11-12,14-16,20-22H2,1H3,(H,40,42)(H,43,50)/t26-,27-,33?/m1/s1. The highest BCUT2D eigenvalue weighted by atomic mass is 35.5. The fourth-order valence-corrected chi connectivity index (χ4v) is 7.98. The Labute approximate surface area is 295 Å². The number of amides is 1. The zero-order valence-corrected chi connectivity index (χ0v) is 28.8. The Hall–Kier alpha value is -4.39. The Morgan fingerprint density at radius 2 is 1.74 bits per heavy atom. The van der Waals surface area contributed by atoms with Crippen molar-refractivity contribution in [1.29, 1.82) is 0 Å². The van der Waals surface area contributed by atoms with E-state index in [4.69, 9.17) is 16.6 Å². The van der Waals surface area contributed by atoms with Crippen molar-refractivity contribution in [2.45, 2.75) is 63.9 Å². The number of carbonyl (C=O) groups is 1. The molecule has 3 aliphatic rings. The molecule has 2 aromatic carbocycles. The number of nitrogens with zero attached hydrogens (tertiary/aromatic N) is 6. The van der Waals surface area contributed by atoms with Crippen LogP contribution in [0.2, 0.25) is 5.02 Å². The zero-order chi connectivity index (χ0) is 34.4. The van der Waals surface area contributed by atoms with Crippen molar-refractivity contribution in [1.82, 2.24) is 29.5 Å². The average molecular weight is 693 g/mol. The third-order valence-electron chi connectivity index (χ3n) is 10.3. The van der Waals surface area contributed by atoms with Gasteiger partial charge in [0.15, 0.2) is 11.5 Å². The number of halogens is 1. The number of anilines is 3. The lowest BCUT2D eigenvalue weighted by Gasteiger charge is -2.31. The van der Waals surface area contributed by atoms with E-state index in [0.717, 1.165) is 90.7 Å². The summed E-state index contributed by atoms with van der Waals surface area (Å²) in [5.41, 5.74) is 7.24. The van der Waals surface area contributed by atoms with Gasteiger partial charge in [0.1, 0.15) is 5.52 Å². The number of rotatable bonds is 8. The summed E-state index contributed by atoms with van der Waals surface area (Å²) in [7, 11) is 0. The summed E-state index contributed by atoms with van der Waals surface area (Å²) in [6.07, 6.45) is 6.65. The number of pyridine rings is 2. The van der Waals surface area contributed by atoms with Crippen LogP contribution in [-0.2, 0) is 13.1 Å². The van der Waals surface area contributed by atoms with Gasteiger partial charge in [0.2, 0.25) is 0 Å². The monoisotopic (exact) mass is 692 g/mol. The summed E-state index contributed by atoms with van der Waals surface area (Å²) in [6, 6.07) is 17.8. The highest BCUT2D eigenvalue weighted by molar-refractivity contribution is 6.36. The molecule has 5 aromatic rings. The van der Waals surface area contributed by atoms with Crippen LogP contribution in [0, 0.1) is 6.92 Å². The highest BCUT2D eigenvalue weighted by Crippen LogP contribution is 2.39. The van der Waals surface area contributed by atoms with Gasteiger partial charge in [0, 0.05) is 68.3 Å². The second-order valence-corrected chi connectivity index (χ2v) is 14.1. The molecular weight excluding hydrogens is 652 g/mol. The minimum absolute atomic E-state index is 0.163. The van der Waals surface area contributed by atoms with E-state index in [1.54, 1.807) is 6.20 Å². The first-order chi connectivity index (χ1) is 24.3. The molecule has 0 radical (unpaired) electrons. The van der Waals surface area contributed by atoms with Crippen LogP contribution in [0.15, 0.2) is 67.0 Å². The molecule has 50 heavy (non-hydrogen) atoms. The molecule has 11 nitrogen and oxygen atoms in total. The van der Waals surface area contributed by atoms with E-state index in [9.17, 15) is 15.0 Å². The number of β-amino-alcohol motifs (C(OH)–C–C–N with tert-alkyl or cyclic N) is 2. The molecule has 1 unspecified atom stereocenters. The van der Waals surface area contributed by atoms with Crippen molar-refractivity contribution in [3.05, 3.63) is 94.5 Å². The number of likely N-dealkylation sites (tertiary alicyclic amines) is 2. The third-order valence-corrected chi connectivity index (χ3v) is 10.7.